The maximum atomic E-state index is 9.36. The normalized spacial score (nSPS) is 18.6. The zero-order valence-corrected chi connectivity index (χ0v) is 13.1. The Morgan fingerprint density at radius 3 is 2.42 bits per heavy atom. The van der Waals surface area contributed by atoms with Gasteiger partial charge in [-0.2, -0.15) is 5.26 Å². The standard InChI is InChI=1S/C15H30N4/c1-5-19(11-6-10-18(3)4)12-9-15(2,13-16)17-14-7-8-14/h14,17H,5-12H2,1-4H3. The highest BCUT2D eigenvalue weighted by molar-refractivity contribution is 5.07. The Morgan fingerprint density at radius 1 is 1.26 bits per heavy atom. The van der Waals surface area contributed by atoms with Crippen molar-refractivity contribution in [1.29, 1.82) is 5.26 Å². The highest BCUT2D eigenvalue weighted by atomic mass is 15.1. The summed E-state index contributed by atoms with van der Waals surface area (Å²) < 4.78 is 0. The van der Waals surface area contributed by atoms with Crippen molar-refractivity contribution in [3.8, 4) is 6.07 Å². The molecule has 0 heterocycles. The Morgan fingerprint density at radius 2 is 1.95 bits per heavy atom. The Bertz CT molecular complexity index is 293. The molecule has 0 amide bonds. The molecular formula is C15H30N4. The van der Waals surface area contributed by atoms with E-state index in [1.165, 1.54) is 19.3 Å². The zero-order valence-electron chi connectivity index (χ0n) is 13.1. The lowest BCUT2D eigenvalue weighted by atomic mass is 9.99. The SMILES string of the molecule is CCN(CCCN(C)C)CCC(C)(C#N)NC1CC1. The number of hydrogen-bond acceptors (Lipinski definition) is 4. The van der Waals surface area contributed by atoms with E-state index in [9.17, 15) is 5.26 Å². The molecule has 1 saturated carbocycles. The molecule has 1 rings (SSSR count). The Kier molecular flexibility index (Phi) is 6.78. The lowest BCUT2D eigenvalue weighted by molar-refractivity contribution is 0.241. The molecule has 4 heteroatoms. The van der Waals surface area contributed by atoms with Crippen LogP contribution in [-0.2, 0) is 0 Å². The van der Waals surface area contributed by atoms with E-state index in [0.29, 0.717) is 6.04 Å². The number of nitrogens with one attached hydrogen (secondary N) is 1. The summed E-state index contributed by atoms with van der Waals surface area (Å²) >= 11 is 0. The Balaban J connectivity index is 2.27. The third kappa shape index (κ3) is 6.91. The molecule has 19 heavy (non-hydrogen) atoms. The Hall–Kier alpha value is -0.630. The molecule has 1 atom stereocenters. The van der Waals surface area contributed by atoms with E-state index < -0.39 is 0 Å². The van der Waals surface area contributed by atoms with Crippen molar-refractivity contribution in [3.05, 3.63) is 0 Å². The maximum Gasteiger partial charge on any atom is 0.105 e. The van der Waals surface area contributed by atoms with Crippen molar-refractivity contribution in [2.24, 2.45) is 0 Å². The fourth-order valence-corrected chi connectivity index (χ4v) is 2.26. The van der Waals surface area contributed by atoms with Gasteiger partial charge in [-0.3, -0.25) is 5.32 Å². The van der Waals surface area contributed by atoms with Crippen molar-refractivity contribution in [2.75, 3.05) is 40.3 Å². The lowest BCUT2D eigenvalue weighted by Gasteiger charge is -2.28. The molecule has 110 valence electrons. The van der Waals surface area contributed by atoms with Crippen LogP contribution in [0.5, 0.6) is 0 Å². The van der Waals surface area contributed by atoms with Crippen molar-refractivity contribution < 1.29 is 0 Å². The van der Waals surface area contributed by atoms with Crippen molar-refractivity contribution in [3.63, 3.8) is 0 Å². The first kappa shape index (κ1) is 16.4. The summed E-state index contributed by atoms with van der Waals surface area (Å²) in [4.78, 5) is 4.68. The van der Waals surface area contributed by atoms with Gasteiger partial charge < -0.3 is 9.80 Å². The van der Waals surface area contributed by atoms with Gasteiger partial charge in [0, 0.05) is 12.6 Å². The molecule has 0 radical (unpaired) electrons. The zero-order chi connectivity index (χ0) is 14.3. The summed E-state index contributed by atoms with van der Waals surface area (Å²) in [5, 5.41) is 12.8. The summed E-state index contributed by atoms with van der Waals surface area (Å²) in [5.41, 5.74) is -0.351. The largest absolute Gasteiger partial charge is 0.309 e. The summed E-state index contributed by atoms with van der Waals surface area (Å²) in [5.74, 6) is 0. The molecule has 4 nitrogen and oxygen atoms in total. The van der Waals surface area contributed by atoms with Gasteiger partial charge in [0.2, 0.25) is 0 Å². The van der Waals surface area contributed by atoms with Crippen molar-refractivity contribution >= 4 is 0 Å². The van der Waals surface area contributed by atoms with E-state index in [0.717, 1.165) is 32.6 Å². The van der Waals surface area contributed by atoms with Gasteiger partial charge in [0.25, 0.3) is 0 Å². The molecule has 0 aromatic heterocycles. The average molecular weight is 266 g/mol. The molecule has 1 unspecified atom stereocenters. The number of hydrogen-bond donors (Lipinski definition) is 1. The first-order valence-corrected chi connectivity index (χ1v) is 7.55. The second-order valence-electron chi connectivity index (χ2n) is 6.20. The van der Waals surface area contributed by atoms with E-state index in [4.69, 9.17) is 0 Å². The van der Waals surface area contributed by atoms with Crippen molar-refractivity contribution in [1.82, 2.24) is 15.1 Å². The van der Waals surface area contributed by atoms with E-state index >= 15 is 0 Å². The molecule has 1 aliphatic carbocycles. The van der Waals surface area contributed by atoms with Crippen LogP contribution in [0.4, 0.5) is 0 Å². The molecule has 0 spiro atoms. The van der Waals surface area contributed by atoms with Crippen LogP contribution >= 0.6 is 0 Å². The van der Waals surface area contributed by atoms with Gasteiger partial charge in [-0.05, 0) is 66.3 Å². The summed E-state index contributed by atoms with van der Waals surface area (Å²) in [6, 6.07) is 3.05. The van der Waals surface area contributed by atoms with E-state index in [1.807, 2.05) is 6.92 Å². The molecule has 0 saturated heterocycles. The highest BCUT2D eigenvalue weighted by Gasteiger charge is 2.32. The van der Waals surface area contributed by atoms with Gasteiger partial charge in [-0.25, -0.2) is 0 Å². The van der Waals surface area contributed by atoms with Gasteiger partial charge in [0.05, 0.1) is 6.07 Å². The van der Waals surface area contributed by atoms with Crippen LogP contribution in [0.25, 0.3) is 0 Å². The van der Waals surface area contributed by atoms with E-state index in [2.05, 4.69) is 42.2 Å². The van der Waals surface area contributed by atoms with Crippen LogP contribution in [-0.4, -0.2) is 61.7 Å². The molecule has 1 fully saturated rings. The average Bonchev–Trinajstić information content (AvgIpc) is 3.17. The van der Waals surface area contributed by atoms with Crippen LogP contribution in [0.2, 0.25) is 0 Å². The van der Waals surface area contributed by atoms with Gasteiger partial charge in [0.15, 0.2) is 0 Å². The minimum absolute atomic E-state index is 0.351. The first-order valence-electron chi connectivity index (χ1n) is 7.55. The van der Waals surface area contributed by atoms with Crippen LogP contribution in [0.15, 0.2) is 0 Å². The number of rotatable bonds is 10. The summed E-state index contributed by atoms with van der Waals surface area (Å²) in [6.45, 7) is 8.57. The predicted octanol–water partition coefficient (Wildman–Crippen LogP) is 1.68. The third-order valence-electron chi connectivity index (χ3n) is 3.80. The minimum Gasteiger partial charge on any atom is -0.309 e. The minimum atomic E-state index is -0.351. The smallest absolute Gasteiger partial charge is 0.105 e. The number of nitriles is 1. The monoisotopic (exact) mass is 266 g/mol. The molecule has 1 aliphatic rings. The highest BCUT2D eigenvalue weighted by Crippen LogP contribution is 2.23. The van der Waals surface area contributed by atoms with Crippen LogP contribution in [0.3, 0.4) is 0 Å². The second kappa shape index (κ2) is 7.84. The topological polar surface area (TPSA) is 42.3 Å². The van der Waals surface area contributed by atoms with Gasteiger partial charge in [-0.15, -0.1) is 0 Å². The predicted molar refractivity (Wildman–Crippen MR) is 80.1 cm³/mol. The van der Waals surface area contributed by atoms with Crippen LogP contribution in [0, 0.1) is 11.3 Å². The van der Waals surface area contributed by atoms with Gasteiger partial charge >= 0.3 is 0 Å². The summed E-state index contributed by atoms with van der Waals surface area (Å²) in [7, 11) is 4.23. The molecule has 0 aromatic rings. The quantitative estimate of drug-likeness (QED) is 0.653. The molecule has 1 N–H and O–H groups in total. The fraction of sp³-hybridized carbons (Fsp3) is 0.933. The second-order valence-corrected chi connectivity index (χ2v) is 6.20. The summed E-state index contributed by atoms with van der Waals surface area (Å²) in [6.07, 6.45) is 4.57. The molecule has 0 aromatic carbocycles. The molecule has 0 bridgehead atoms. The molecular weight excluding hydrogens is 236 g/mol. The van der Waals surface area contributed by atoms with Crippen LogP contribution in [0.1, 0.15) is 39.5 Å². The fourth-order valence-electron chi connectivity index (χ4n) is 2.26. The number of nitrogens with zero attached hydrogens (tertiary/aromatic N) is 3. The molecule has 0 aliphatic heterocycles. The third-order valence-corrected chi connectivity index (χ3v) is 3.80. The van der Waals surface area contributed by atoms with Gasteiger partial charge in [0.1, 0.15) is 5.54 Å². The lowest BCUT2D eigenvalue weighted by Crippen LogP contribution is -2.45. The first-order chi connectivity index (χ1) is 8.99. The van der Waals surface area contributed by atoms with Gasteiger partial charge in [-0.1, -0.05) is 6.92 Å². The van der Waals surface area contributed by atoms with Crippen molar-refractivity contribution in [2.45, 2.75) is 51.1 Å². The van der Waals surface area contributed by atoms with E-state index in [-0.39, 0.29) is 5.54 Å². The maximum absolute atomic E-state index is 9.36. The Labute approximate surface area is 118 Å². The van der Waals surface area contributed by atoms with E-state index in [1.54, 1.807) is 0 Å². The van der Waals surface area contributed by atoms with Crippen LogP contribution < -0.4 is 5.32 Å².